The van der Waals surface area contributed by atoms with Crippen molar-refractivity contribution in [2.75, 3.05) is 0 Å². The van der Waals surface area contributed by atoms with Crippen molar-refractivity contribution in [1.29, 1.82) is 0 Å². The maximum Gasteiger partial charge on any atom is 0.175 e. The van der Waals surface area contributed by atoms with Crippen molar-refractivity contribution in [2.45, 2.75) is 18.8 Å². The maximum atomic E-state index is 5.66. The normalized spacial score (nSPS) is 15.5. The molecule has 3 rings (SSSR count). The lowest BCUT2D eigenvalue weighted by molar-refractivity contribution is 0.814. The lowest BCUT2D eigenvalue weighted by Gasteiger charge is -1.97. The molecule has 0 aliphatic heterocycles. The Bertz CT molecular complexity index is 472. The van der Waals surface area contributed by atoms with Gasteiger partial charge in [-0.2, -0.15) is 5.10 Å². The average Bonchev–Trinajstić information content (AvgIpc) is 2.99. The lowest BCUT2D eigenvalue weighted by atomic mass is 10.2. The highest BCUT2D eigenvalue weighted by Gasteiger charge is 2.24. The van der Waals surface area contributed by atoms with E-state index >= 15 is 0 Å². The summed E-state index contributed by atoms with van der Waals surface area (Å²) in [5.74, 6) is 1.41. The van der Waals surface area contributed by atoms with Crippen LogP contribution in [-0.4, -0.2) is 20.0 Å². The number of halogens is 1. The molecule has 2 aromatic heterocycles. The molecule has 0 unspecified atom stereocenters. The summed E-state index contributed by atoms with van der Waals surface area (Å²) in [6.07, 6.45) is 6.46. The van der Waals surface area contributed by atoms with Gasteiger partial charge in [0.25, 0.3) is 0 Å². The molecule has 0 bridgehead atoms. The molecule has 1 fully saturated rings. The molecular weight excluding hydrogens is 212 g/mol. The fourth-order valence-corrected chi connectivity index (χ4v) is 1.62. The van der Waals surface area contributed by atoms with Crippen LogP contribution in [0, 0.1) is 0 Å². The van der Waals surface area contributed by atoms with E-state index in [0.29, 0.717) is 16.9 Å². The Labute approximate surface area is 91.9 Å². The van der Waals surface area contributed by atoms with E-state index in [0.717, 1.165) is 0 Å². The second kappa shape index (κ2) is 3.31. The Hall–Kier alpha value is -1.42. The minimum atomic E-state index is 0.397. The van der Waals surface area contributed by atoms with Gasteiger partial charge in [-0.1, -0.05) is 11.6 Å². The van der Waals surface area contributed by atoms with Crippen LogP contribution in [0.5, 0.6) is 0 Å². The van der Waals surface area contributed by atoms with Gasteiger partial charge in [0, 0.05) is 6.20 Å². The van der Waals surface area contributed by atoms with Crippen LogP contribution in [-0.2, 0) is 0 Å². The first-order chi connectivity index (χ1) is 7.33. The monoisotopic (exact) mass is 220 g/mol. The number of rotatable bonds is 2. The van der Waals surface area contributed by atoms with Crippen molar-refractivity contribution in [3.63, 3.8) is 0 Å². The zero-order valence-electron chi connectivity index (χ0n) is 7.97. The SMILES string of the molecule is Clc1ccc(-n2cc(C3CC3)cn2)nn1. The summed E-state index contributed by atoms with van der Waals surface area (Å²) in [7, 11) is 0. The molecule has 76 valence electrons. The molecule has 0 atom stereocenters. The first-order valence-corrected chi connectivity index (χ1v) is 5.25. The van der Waals surface area contributed by atoms with E-state index in [9.17, 15) is 0 Å². The van der Waals surface area contributed by atoms with Crippen molar-refractivity contribution in [3.8, 4) is 5.82 Å². The van der Waals surface area contributed by atoms with Gasteiger partial charge in [0.1, 0.15) is 0 Å². The van der Waals surface area contributed by atoms with Gasteiger partial charge in [-0.05, 0) is 36.5 Å². The third kappa shape index (κ3) is 1.72. The van der Waals surface area contributed by atoms with E-state index in [4.69, 9.17) is 11.6 Å². The highest BCUT2D eigenvalue weighted by atomic mass is 35.5. The molecule has 0 amide bonds. The predicted octanol–water partition coefficient (Wildman–Crippen LogP) is 2.19. The van der Waals surface area contributed by atoms with Crippen LogP contribution in [0.4, 0.5) is 0 Å². The fourth-order valence-electron chi connectivity index (χ4n) is 1.52. The Morgan fingerprint density at radius 2 is 2.13 bits per heavy atom. The van der Waals surface area contributed by atoms with Gasteiger partial charge in [0.05, 0.1) is 6.20 Å². The Kier molecular flexibility index (Phi) is 1.95. The lowest BCUT2D eigenvalue weighted by Crippen LogP contribution is -1.98. The zero-order chi connectivity index (χ0) is 10.3. The summed E-state index contributed by atoms with van der Waals surface area (Å²) in [6, 6.07) is 3.52. The summed E-state index contributed by atoms with van der Waals surface area (Å²) in [5, 5.41) is 12.4. The van der Waals surface area contributed by atoms with E-state index < -0.39 is 0 Å². The van der Waals surface area contributed by atoms with Crippen LogP contribution in [0.1, 0.15) is 24.3 Å². The van der Waals surface area contributed by atoms with Crippen molar-refractivity contribution in [3.05, 3.63) is 35.2 Å². The largest absolute Gasteiger partial charge is 0.221 e. The van der Waals surface area contributed by atoms with Gasteiger partial charge >= 0.3 is 0 Å². The number of aromatic nitrogens is 4. The van der Waals surface area contributed by atoms with Gasteiger partial charge in [-0.25, -0.2) is 4.68 Å². The average molecular weight is 221 g/mol. The summed E-state index contributed by atoms with van der Waals surface area (Å²) >= 11 is 5.66. The third-order valence-corrected chi connectivity index (χ3v) is 2.71. The Morgan fingerprint density at radius 1 is 1.27 bits per heavy atom. The molecule has 0 saturated heterocycles. The smallest absolute Gasteiger partial charge is 0.175 e. The Balaban J connectivity index is 1.93. The van der Waals surface area contributed by atoms with Crippen molar-refractivity contribution < 1.29 is 0 Å². The van der Waals surface area contributed by atoms with Gasteiger partial charge in [-0.3, -0.25) is 0 Å². The molecule has 0 aromatic carbocycles. The summed E-state index contributed by atoms with van der Waals surface area (Å²) in [4.78, 5) is 0. The summed E-state index contributed by atoms with van der Waals surface area (Å²) in [6.45, 7) is 0. The molecule has 2 heterocycles. The van der Waals surface area contributed by atoms with Crippen LogP contribution in [0.25, 0.3) is 5.82 Å². The van der Waals surface area contributed by atoms with E-state index in [2.05, 4.69) is 15.3 Å². The topological polar surface area (TPSA) is 43.6 Å². The van der Waals surface area contributed by atoms with E-state index in [-0.39, 0.29) is 0 Å². The first-order valence-electron chi connectivity index (χ1n) is 4.87. The third-order valence-electron chi connectivity index (χ3n) is 2.50. The first kappa shape index (κ1) is 8.85. The molecule has 0 radical (unpaired) electrons. The second-order valence-corrected chi connectivity index (χ2v) is 4.09. The van der Waals surface area contributed by atoms with Crippen LogP contribution in [0.15, 0.2) is 24.5 Å². The quantitative estimate of drug-likeness (QED) is 0.779. The molecule has 5 heteroatoms. The van der Waals surface area contributed by atoms with Crippen molar-refractivity contribution >= 4 is 11.6 Å². The van der Waals surface area contributed by atoms with E-state index in [1.807, 2.05) is 12.4 Å². The van der Waals surface area contributed by atoms with Crippen molar-refractivity contribution in [1.82, 2.24) is 20.0 Å². The van der Waals surface area contributed by atoms with Crippen LogP contribution < -0.4 is 0 Å². The van der Waals surface area contributed by atoms with Crippen molar-refractivity contribution in [2.24, 2.45) is 0 Å². The predicted molar refractivity (Wildman–Crippen MR) is 56.1 cm³/mol. The molecule has 1 aliphatic rings. The van der Waals surface area contributed by atoms with E-state index in [1.54, 1.807) is 16.8 Å². The molecule has 1 saturated carbocycles. The molecule has 0 N–H and O–H groups in total. The number of hydrogen-bond acceptors (Lipinski definition) is 3. The van der Waals surface area contributed by atoms with Crippen LogP contribution in [0.2, 0.25) is 5.15 Å². The molecule has 4 nitrogen and oxygen atoms in total. The van der Waals surface area contributed by atoms with Crippen LogP contribution >= 0.6 is 11.6 Å². The molecule has 2 aromatic rings. The van der Waals surface area contributed by atoms with Gasteiger partial charge < -0.3 is 0 Å². The highest BCUT2D eigenvalue weighted by Crippen LogP contribution is 2.39. The van der Waals surface area contributed by atoms with Crippen LogP contribution in [0.3, 0.4) is 0 Å². The summed E-state index contributed by atoms with van der Waals surface area (Å²) < 4.78 is 1.73. The number of nitrogens with zero attached hydrogens (tertiary/aromatic N) is 4. The highest BCUT2D eigenvalue weighted by molar-refractivity contribution is 6.29. The molecule has 15 heavy (non-hydrogen) atoms. The Morgan fingerprint density at radius 3 is 2.80 bits per heavy atom. The zero-order valence-corrected chi connectivity index (χ0v) is 8.72. The molecule has 0 spiro atoms. The second-order valence-electron chi connectivity index (χ2n) is 3.71. The minimum Gasteiger partial charge on any atom is -0.221 e. The minimum absolute atomic E-state index is 0.397. The van der Waals surface area contributed by atoms with Gasteiger partial charge in [0.2, 0.25) is 0 Å². The molecule has 1 aliphatic carbocycles. The molecular formula is C10H9ClN4. The van der Waals surface area contributed by atoms with Gasteiger partial charge in [-0.15, -0.1) is 10.2 Å². The van der Waals surface area contributed by atoms with E-state index in [1.165, 1.54) is 18.4 Å². The standard InChI is InChI=1S/C10H9ClN4/c11-9-3-4-10(14-13-9)15-6-8(5-12-15)7-1-2-7/h3-7H,1-2H2. The maximum absolute atomic E-state index is 5.66. The fraction of sp³-hybridized carbons (Fsp3) is 0.300. The number of hydrogen-bond donors (Lipinski definition) is 0. The van der Waals surface area contributed by atoms with Gasteiger partial charge in [0.15, 0.2) is 11.0 Å². The summed E-state index contributed by atoms with van der Waals surface area (Å²) in [5.41, 5.74) is 1.28.